The molecule has 0 amide bonds. The molecule has 3 heterocycles. The Morgan fingerprint density at radius 3 is 2.48 bits per heavy atom. The number of benzene rings is 1. The van der Waals surface area contributed by atoms with Gasteiger partial charge in [0.2, 0.25) is 0 Å². The summed E-state index contributed by atoms with van der Waals surface area (Å²) in [6.45, 7) is 12.6. The Morgan fingerprint density at radius 1 is 1.21 bits per heavy atom. The molecule has 0 saturated carbocycles. The summed E-state index contributed by atoms with van der Waals surface area (Å²) in [7, 11) is 0. The van der Waals surface area contributed by atoms with Gasteiger partial charge in [0, 0.05) is 6.54 Å². The van der Waals surface area contributed by atoms with Gasteiger partial charge in [-0.1, -0.05) is 23.8 Å². The fourth-order valence-electron chi connectivity index (χ4n) is 3.39. The highest BCUT2D eigenvalue weighted by Crippen LogP contribution is 2.30. The molecule has 8 heteroatoms. The fraction of sp³-hybridized carbons (Fsp3) is 0.429. The SMILES string of the molecule is C=C.Cc1cc(C)c(-n2cc3sc(N)nc3n2)c(O)c1.FCCN1CCCCC1. The summed E-state index contributed by atoms with van der Waals surface area (Å²) in [5, 5.41) is 14.9. The number of phenolic OH excluding ortho intramolecular Hbond substituents is 1. The maximum atomic E-state index is 11.7. The first-order valence-electron chi connectivity index (χ1n) is 9.68. The molecule has 0 spiro atoms. The number of phenols is 1. The monoisotopic (exact) mass is 419 g/mol. The van der Waals surface area contributed by atoms with Crippen LogP contribution in [0.4, 0.5) is 9.52 Å². The molecule has 0 radical (unpaired) electrons. The molecular weight excluding hydrogens is 389 g/mol. The van der Waals surface area contributed by atoms with Crippen LogP contribution in [0.1, 0.15) is 30.4 Å². The van der Waals surface area contributed by atoms with Crippen molar-refractivity contribution in [1.29, 1.82) is 0 Å². The molecule has 1 aliphatic heterocycles. The predicted molar refractivity (Wildman–Crippen MR) is 120 cm³/mol. The Bertz CT molecular complexity index is 860. The number of nitrogen functional groups attached to an aromatic ring is 1. The number of likely N-dealkylation sites (tertiary alicyclic amines) is 1. The number of hydrogen-bond donors (Lipinski definition) is 2. The molecule has 1 saturated heterocycles. The number of aromatic hydroxyl groups is 1. The number of fused-ring (bicyclic) bond motifs is 1. The number of nitrogens with two attached hydrogens (primary N) is 1. The van der Waals surface area contributed by atoms with Gasteiger partial charge >= 0.3 is 0 Å². The van der Waals surface area contributed by atoms with Crippen LogP contribution in [0.15, 0.2) is 31.5 Å². The lowest BCUT2D eigenvalue weighted by Crippen LogP contribution is -2.31. The summed E-state index contributed by atoms with van der Waals surface area (Å²) in [5.74, 6) is 0.218. The van der Waals surface area contributed by atoms with Crippen molar-refractivity contribution in [3.8, 4) is 11.4 Å². The average Bonchev–Trinajstić information content (AvgIpc) is 3.21. The first-order chi connectivity index (χ1) is 14.0. The largest absolute Gasteiger partial charge is 0.506 e. The van der Waals surface area contributed by atoms with E-state index in [1.807, 2.05) is 26.1 Å². The van der Waals surface area contributed by atoms with Crippen LogP contribution >= 0.6 is 11.3 Å². The highest BCUT2D eigenvalue weighted by molar-refractivity contribution is 7.21. The molecule has 3 aromatic rings. The van der Waals surface area contributed by atoms with Crippen molar-refractivity contribution < 1.29 is 9.50 Å². The third-order valence-electron chi connectivity index (χ3n) is 4.60. The van der Waals surface area contributed by atoms with E-state index in [2.05, 4.69) is 28.1 Å². The number of alkyl halides is 1. The lowest BCUT2D eigenvalue weighted by Gasteiger charge is -2.24. The number of aryl methyl sites for hydroxylation is 2. The third-order valence-corrected chi connectivity index (χ3v) is 5.40. The quantitative estimate of drug-likeness (QED) is 0.605. The minimum Gasteiger partial charge on any atom is -0.506 e. The van der Waals surface area contributed by atoms with Crippen LogP contribution in [0, 0.1) is 13.8 Å². The van der Waals surface area contributed by atoms with Gasteiger partial charge in [0.05, 0.1) is 10.9 Å². The molecule has 2 aromatic heterocycles. The Hall–Kier alpha value is -2.45. The van der Waals surface area contributed by atoms with Crippen molar-refractivity contribution in [2.75, 3.05) is 32.0 Å². The zero-order valence-electron chi connectivity index (χ0n) is 17.2. The van der Waals surface area contributed by atoms with Crippen LogP contribution in [0.2, 0.25) is 0 Å². The number of halogens is 1. The minimum absolute atomic E-state index is 0.181. The smallest absolute Gasteiger partial charge is 0.194 e. The number of piperidine rings is 1. The number of nitrogens with zero attached hydrogens (tertiary/aromatic N) is 4. The van der Waals surface area contributed by atoms with Crippen LogP contribution in [0.3, 0.4) is 0 Å². The second-order valence-electron chi connectivity index (χ2n) is 6.85. The Kier molecular flexibility index (Phi) is 8.60. The van der Waals surface area contributed by atoms with Gasteiger partial charge in [-0.15, -0.1) is 18.3 Å². The molecular formula is C21H30FN5OS. The topological polar surface area (TPSA) is 80.2 Å². The molecule has 29 heavy (non-hydrogen) atoms. The average molecular weight is 420 g/mol. The minimum atomic E-state index is -0.181. The zero-order valence-corrected chi connectivity index (χ0v) is 18.0. The second-order valence-corrected chi connectivity index (χ2v) is 7.92. The van der Waals surface area contributed by atoms with Crippen molar-refractivity contribution in [3.05, 3.63) is 42.6 Å². The van der Waals surface area contributed by atoms with Crippen molar-refractivity contribution in [3.63, 3.8) is 0 Å². The summed E-state index contributed by atoms with van der Waals surface area (Å²) >= 11 is 1.38. The molecule has 158 valence electrons. The molecule has 4 rings (SSSR count). The maximum absolute atomic E-state index is 11.7. The van der Waals surface area contributed by atoms with Crippen molar-refractivity contribution in [2.24, 2.45) is 0 Å². The van der Waals surface area contributed by atoms with Crippen LogP contribution in [0.25, 0.3) is 16.0 Å². The summed E-state index contributed by atoms with van der Waals surface area (Å²) in [6.07, 6.45) is 5.70. The van der Waals surface area contributed by atoms with Gasteiger partial charge in [-0.2, -0.15) is 4.98 Å². The van der Waals surface area contributed by atoms with E-state index in [1.165, 1.54) is 30.6 Å². The van der Waals surface area contributed by atoms with Crippen molar-refractivity contribution >= 4 is 26.8 Å². The summed E-state index contributed by atoms with van der Waals surface area (Å²) < 4.78 is 14.3. The lowest BCUT2D eigenvalue weighted by molar-refractivity contribution is 0.211. The normalized spacial score (nSPS) is 14.0. The van der Waals surface area contributed by atoms with E-state index in [0.29, 0.717) is 23.0 Å². The number of aromatic nitrogens is 3. The van der Waals surface area contributed by atoms with Crippen LogP contribution in [-0.4, -0.2) is 51.1 Å². The zero-order chi connectivity index (χ0) is 21.4. The molecule has 3 N–H and O–H groups in total. The third kappa shape index (κ3) is 6.01. The standard InChI is InChI=1S/C12H12N4OS.C7H14FN.C2H4/c1-6-3-7(2)10(8(17)4-6)16-5-9-11(15-16)14-12(13)18-9;8-4-7-9-5-2-1-3-6-9;1-2/h3-5,17H,1-2H3,(H2,13,14,15);1-7H2;1-2H2. The molecule has 6 nitrogen and oxygen atoms in total. The summed E-state index contributed by atoms with van der Waals surface area (Å²) in [5.41, 5.74) is 8.89. The van der Waals surface area contributed by atoms with Crippen LogP contribution in [-0.2, 0) is 0 Å². The number of anilines is 1. The number of rotatable bonds is 3. The molecule has 0 unspecified atom stereocenters. The highest BCUT2D eigenvalue weighted by atomic mass is 32.1. The van der Waals surface area contributed by atoms with Gasteiger partial charge in [-0.25, -0.2) is 9.07 Å². The van der Waals surface area contributed by atoms with Gasteiger partial charge in [-0.05, 0) is 57.0 Å². The van der Waals surface area contributed by atoms with Gasteiger partial charge in [0.1, 0.15) is 18.1 Å². The number of hydrogen-bond acceptors (Lipinski definition) is 6. The van der Waals surface area contributed by atoms with Gasteiger partial charge in [-0.3, -0.25) is 0 Å². The first-order valence-corrected chi connectivity index (χ1v) is 10.5. The molecule has 1 fully saturated rings. The van der Waals surface area contributed by atoms with E-state index in [0.717, 1.165) is 28.9 Å². The second kappa shape index (κ2) is 10.9. The molecule has 1 aliphatic rings. The van der Waals surface area contributed by atoms with Crippen LogP contribution < -0.4 is 5.73 Å². The fourth-order valence-corrected chi connectivity index (χ4v) is 4.08. The van der Waals surface area contributed by atoms with E-state index in [1.54, 1.807) is 10.7 Å². The van der Waals surface area contributed by atoms with Crippen LogP contribution in [0.5, 0.6) is 5.75 Å². The maximum Gasteiger partial charge on any atom is 0.194 e. The predicted octanol–water partition coefficient (Wildman–Crippen LogP) is 4.63. The van der Waals surface area contributed by atoms with E-state index >= 15 is 0 Å². The number of thiazole rings is 1. The Balaban J connectivity index is 0.000000231. The van der Waals surface area contributed by atoms with E-state index in [-0.39, 0.29) is 12.4 Å². The van der Waals surface area contributed by atoms with E-state index in [9.17, 15) is 9.50 Å². The molecule has 0 aliphatic carbocycles. The Morgan fingerprint density at radius 2 is 1.90 bits per heavy atom. The van der Waals surface area contributed by atoms with Gasteiger partial charge < -0.3 is 15.7 Å². The molecule has 0 atom stereocenters. The lowest BCUT2D eigenvalue weighted by atomic mass is 10.1. The first kappa shape index (κ1) is 22.8. The molecule has 1 aromatic carbocycles. The molecule has 0 bridgehead atoms. The van der Waals surface area contributed by atoms with E-state index < -0.39 is 0 Å². The van der Waals surface area contributed by atoms with E-state index in [4.69, 9.17) is 5.73 Å². The van der Waals surface area contributed by atoms with Crippen molar-refractivity contribution in [2.45, 2.75) is 33.1 Å². The Labute approximate surface area is 175 Å². The summed E-state index contributed by atoms with van der Waals surface area (Å²) in [4.78, 5) is 6.32. The highest BCUT2D eigenvalue weighted by Gasteiger charge is 2.13. The summed E-state index contributed by atoms with van der Waals surface area (Å²) in [6, 6.07) is 3.73. The van der Waals surface area contributed by atoms with Gasteiger partial charge in [0.25, 0.3) is 0 Å². The van der Waals surface area contributed by atoms with Crippen molar-refractivity contribution in [1.82, 2.24) is 19.7 Å². The van der Waals surface area contributed by atoms with Gasteiger partial charge in [0.15, 0.2) is 10.8 Å².